The summed E-state index contributed by atoms with van der Waals surface area (Å²) in [6, 6.07) is 5.15. The van der Waals surface area contributed by atoms with Gasteiger partial charge < -0.3 is 5.32 Å². The molecule has 0 aliphatic heterocycles. The van der Waals surface area contributed by atoms with Crippen LogP contribution in [0.1, 0.15) is 16.8 Å². The van der Waals surface area contributed by atoms with Crippen molar-refractivity contribution in [3.63, 3.8) is 0 Å². The second kappa shape index (κ2) is 4.35. The van der Waals surface area contributed by atoms with E-state index in [1.165, 1.54) is 6.07 Å². The van der Waals surface area contributed by atoms with Crippen LogP contribution < -0.4 is 5.32 Å². The van der Waals surface area contributed by atoms with Crippen molar-refractivity contribution in [2.45, 2.75) is 20.4 Å². The van der Waals surface area contributed by atoms with Crippen LogP contribution in [0.15, 0.2) is 24.4 Å². The fraction of sp³-hybridized carbons (Fsp3) is 0.250. The molecule has 0 radical (unpaired) electrons. The molecular formula is C12H14FN3. The molecule has 0 amide bonds. The Kier molecular flexibility index (Phi) is 2.90. The van der Waals surface area contributed by atoms with E-state index in [1.807, 2.05) is 19.9 Å². The number of H-pyrrole nitrogens is 1. The minimum Gasteiger partial charge on any atom is -0.378 e. The highest BCUT2D eigenvalue weighted by Gasteiger charge is 2.03. The summed E-state index contributed by atoms with van der Waals surface area (Å²) in [6.07, 6.45) is 1.74. The molecule has 2 rings (SSSR count). The molecule has 16 heavy (non-hydrogen) atoms. The van der Waals surface area contributed by atoms with Crippen molar-refractivity contribution in [2.24, 2.45) is 0 Å². The monoisotopic (exact) mass is 219 g/mol. The van der Waals surface area contributed by atoms with Crippen molar-refractivity contribution in [3.8, 4) is 0 Å². The molecule has 4 heteroatoms. The number of nitrogens with one attached hydrogen (secondary N) is 2. The first kappa shape index (κ1) is 10.7. The highest BCUT2D eigenvalue weighted by molar-refractivity contribution is 5.46. The van der Waals surface area contributed by atoms with Gasteiger partial charge >= 0.3 is 0 Å². The molecule has 0 aliphatic rings. The number of halogens is 1. The van der Waals surface area contributed by atoms with Crippen molar-refractivity contribution < 1.29 is 4.39 Å². The molecule has 1 aromatic carbocycles. The SMILES string of the molecule is Cc1ccc(NCc2cn[nH]c2C)c(F)c1. The van der Waals surface area contributed by atoms with E-state index in [0.29, 0.717) is 12.2 Å². The Morgan fingerprint density at radius 3 is 2.81 bits per heavy atom. The number of aromatic nitrogens is 2. The first-order valence-corrected chi connectivity index (χ1v) is 5.15. The molecule has 84 valence electrons. The van der Waals surface area contributed by atoms with Gasteiger partial charge in [0.1, 0.15) is 5.82 Å². The molecule has 0 unspecified atom stereocenters. The van der Waals surface area contributed by atoms with E-state index in [0.717, 1.165) is 16.8 Å². The third-order valence-electron chi connectivity index (χ3n) is 2.53. The summed E-state index contributed by atoms with van der Waals surface area (Å²) < 4.78 is 13.5. The Labute approximate surface area is 93.7 Å². The smallest absolute Gasteiger partial charge is 0.146 e. The maximum absolute atomic E-state index is 13.5. The molecule has 2 aromatic rings. The van der Waals surface area contributed by atoms with Gasteiger partial charge in [0.2, 0.25) is 0 Å². The number of rotatable bonds is 3. The zero-order valence-corrected chi connectivity index (χ0v) is 9.34. The van der Waals surface area contributed by atoms with Gasteiger partial charge in [0.05, 0.1) is 11.9 Å². The molecule has 1 aromatic heterocycles. The molecule has 1 heterocycles. The van der Waals surface area contributed by atoms with Crippen LogP contribution in [-0.2, 0) is 6.54 Å². The Hall–Kier alpha value is -1.84. The summed E-state index contributed by atoms with van der Waals surface area (Å²) in [5, 5.41) is 9.81. The van der Waals surface area contributed by atoms with Gasteiger partial charge in [-0.15, -0.1) is 0 Å². The second-order valence-corrected chi connectivity index (χ2v) is 3.86. The fourth-order valence-electron chi connectivity index (χ4n) is 1.51. The first-order chi connectivity index (χ1) is 7.66. The van der Waals surface area contributed by atoms with E-state index in [9.17, 15) is 4.39 Å². The molecular weight excluding hydrogens is 205 g/mol. The van der Waals surface area contributed by atoms with Gasteiger partial charge in [-0.2, -0.15) is 5.10 Å². The zero-order valence-electron chi connectivity index (χ0n) is 9.34. The number of aromatic amines is 1. The lowest BCUT2D eigenvalue weighted by Gasteiger charge is -2.07. The lowest BCUT2D eigenvalue weighted by Crippen LogP contribution is -2.01. The molecule has 0 saturated heterocycles. The van der Waals surface area contributed by atoms with Gasteiger partial charge in [0.25, 0.3) is 0 Å². The van der Waals surface area contributed by atoms with Crippen LogP contribution in [0.2, 0.25) is 0 Å². The number of nitrogens with zero attached hydrogens (tertiary/aromatic N) is 1. The van der Waals surface area contributed by atoms with Gasteiger partial charge in [0, 0.05) is 17.8 Å². The van der Waals surface area contributed by atoms with Crippen LogP contribution in [0.5, 0.6) is 0 Å². The number of hydrogen-bond donors (Lipinski definition) is 2. The van der Waals surface area contributed by atoms with Crippen molar-refractivity contribution in [1.29, 1.82) is 0 Å². The lowest BCUT2D eigenvalue weighted by molar-refractivity contribution is 0.629. The molecule has 0 saturated carbocycles. The summed E-state index contributed by atoms with van der Waals surface area (Å²) in [7, 11) is 0. The number of benzene rings is 1. The Bertz CT molecular complexity index is 491. The molecule has 0 fully saturated rings. The third kappa shape index (κ3) is 2.21. The van der Waals surface area contributed by atoms with Crippen LogP contribution in [0.4, 0.5) is 10.1 Å². The topological polar surface area (TPSA) is 40.7 Å². The quantitative estimate of drug-likeness (QED) is 0.833. The molecule has 0 spiro atoms. The normalized spacial score (nSPS) is 10.4. The predicted molar refractivity (Wildman–Crippen MR) is 61.8 cm³/mol. The second-order valence-electron chi connectivity index (χ2n) is 3.86. The van der Waals surface area contributed by atoms with Crippen molar-refractivity contribution in [2.75, 3.05) is 5.32 Å². The van der Waals surface area contributed by atoms with Crippen LogP contribution in [0.3, 0.4) is 0 Å². The zero-order chi connectivity index (χ0) is 11.5. The minimum absolute atomic E-state index is 0.221. The average Bonchev–Trinajstić information content (AvgIpc) is 2.63. The third-order valence-corrected chi connectivity index (χ3v) is 2.53. The Morgan fingerprint density at radius 2 is 2.19 bits per heavy atom. The highest BCUT2D eigenvalue weighted by Crippen LogP contribution is 2.16. The van der Waals surface area contributed by atoms with Gasteiger partial charge in [0.15, 0.2) is 0 Å². The summed E-state index contributed by atoms with van der Waals surface area (Å²) in [6.45, 7) is 4.38. The number of hydrogen-bond acceptors (Lipinski definition) is 2. The van der Waals surface area contributed by atoms with Crippen LogP contribution in [-0.4, -0.2) is 10.2 Å². The van der Waals surface area contributed by atoms with E-state index < -0.39 is 0 Å². The van der Waals surface area contributed by atoms with E-state index in [2.05, 4.69) is 15.5 Å². The van der Waals surface area contributed by atoms with E-state index in [1.54, 1.807) is 12.3 Å². The highest BCUT2D eigenvalue weighted by atomic mass is 19.1. The van der Waals surface area contributed by atoms with Gasteiger partial charge in [-0.25, -0.2) is 4.39 Å². The van der Waals surface area contributed by atoms with Crippen LogP contribution in [0.25, 0.3) is 0 Å². The van der Waals surface area contributed by atoms with E-state index in [-0.39, 0.29) is 5.82 Å². The predicted octanol–water partition coefficient (Wildman–Crippen LogP) is 2.78. The maximum Gasteiger partial charge on any atom is 0.146 e. The molecule has 0 bridgehead atoms. The number of aryl methyl sites for hydroxylation is 2. The molecule has 0 atom stereocenters. The largest absolute Gasteiger partial charge is 0.378 e. The maximum atomic E-state index is 13.5. The summed E-state index contributed by atoms with van der Waals surface area (Å²) >= 11 is 0. The Balaban J connectivity index is 2.08. The van der Waals surface area contributed by atoms with Crippen molar-refractivity contribution >= 4 is 5.69 Å². The summed E-state index contributed by atoms with van der Waals surface area (Å²) in [5.41, 5.74) is 3.48. The average molecular weight is 219 g/mol. The van der Waals surface area contributed by atoms with Crippen LogP contribution in [0, 0.1) is 19.7 Å². The lowest BCUT2D eigenvalue weighted by atomic mass is 10.2. The number of anilines is 1. The van der Waals surface area contributed by atoms with Crippen molar-refractivity contribution in [1.82, 2.24) is 10.2 Å². The van der Waals surface area contributed by atoms with Gasteiger partial charge in [-0.1, -0.05) is 6.07 Å². The summed E-state index contributed by atoms with van der Waals surface area (Å²) in [4.78, 5) is 0. The summed E-state index contributed by atoms with van der Waals surface area (Å²) in [5.74, 6) is -0.221. The van der Waals surface area contributed by atoms with Gasteiger partial charge in [-0.05, 0) is 31.5 Å². The van der Waals surface area contributed by atoms with Gasteiger partial charge in [-0.3, -0.25) is 5.10 Å². The Morgan fingerprint density at radius 1 is 1.38 bits per heavy atom. The standard InChI is InChI=1S/C12H14FN3/c1-8-3-4-12(11(13)5-8)14-6-10-7-15-16-9(10)2/h3-5,7,14H,6H2,1-2H3,(H,15,16). The minimum atomic E-state index is -0.221. The first-order valence-electron chi connectivity index (χ1n) is 5.15. The molecule has 3 nitrogen and oxygen atoms in total. The van der Waals surface area contributed by atoms with Crippen LogP contribution >= 0.6 is 0 Å². The molecule has 2 N–H and O–H groups in total. The fourth-order valence-corrected chi connectivity index (χ4v) is 1.51. The van der Waals surface area contributed by atoms with E-state index in [4.69, 9.17) is 0 Å². The molecule has 0 aliphatic carbocycles. The van der Waals surface area contributed by atoms with E-state index >= 15 is 0 Å². The van der Waals surface area contributed by atoms with Crippen molar-refractivity contribution in [3.05, 3.63) is 47.0 Å².